The van der Waals surface area contributed by atoms with Gasteiger partial charge in [0.15, 0.2) is 0 Å². The molecule has 2 aromatic rings. The Morgan fingerprint density at radius 2 is 1.74 bits per heavy atom. The van der Waals surface area contributed by atoms with Crippen molar-refractivity contribution in [3.8, 4) is 0 Å². The number of aryl methyl sites for hydroxylation is 1. The summed E-state index contributed by atoms with van der Waals surface area (Å²) in [5.74, 6) is -1.66. The van der Waals surface area contributed by atoms with Crippen LogP contribution in [0.25, 0.3) is 0 Å². The molecule has 0 spiro atoms. The lowest BCUT2D eigenvalue weighted by molar-refractivity contribution is -0.140. The fourth-order valence-corrected chi connectivity index (χ4v) is 4.47. The second-order valence-corrected chi connectivity index (χ2v) is 10.4. The van der Waals surface area contributed by atoms with Gasteiger partial charge in [-0.2, -0.15) is 0 Å². The Labute approximate surface area is 202 Å². The van der Waals surface area contributed by atoms with Crippen LogP contribution in [0.15, 0.2) is 48.5 Å². The van der Waals surface area contributed by atoms with Gasteiger partial charge < -0.3 is 10.2 Å². The quantitative estimate of drug-likeness (QED) is 0.520. The molecule has 0 aliphatic carbocycles. The first kappa shape index (κ1) is 27.3. The first-order chi connectivity index (χ1) is 16.0. The molecule has 0 saturated heterocycles. The lowest BCUT2D eigenvalue weighted by atomic mass is 10.1. The molecule has 2 aromatic carbocycles. The van der Waals surface area contributed by atoms with Crippen LogP contribution in [0, 0.1) is 12.7 Å². The van der Waals surface area contributed by atoms with Crippen LogP contribution in [0.4, 0.5) is 10.1 Å². The molecule has 0 saturated carbocycles. The number of sulfonamides is 1. The molecule has 0 fully saturated rings. The van der Waals surface area contributed by atoms with Crippen molar-refractivity contribution in [2.75, 3.05) is 17.1 Å². The summed E-state index contributed by atoms with van der Waals surface area (Å²) in [6.07, 6.45) is 1.98. The normalized spacial score (nSPS) is 13.1. The summed E-state index contributed by atoms with van der Waals surface area (Å²) in [6.45, 7) is 7.02. The Kier molecular flexibility index (Phi) is 9.61. The molecule has 7 nitrogen and oxygen atoms in total. The summed E-state index contributed by atoms with van der Waals surface area (Å²) in [4.78, 5) is 28.0. The number of nitrogens with zero attached hydrogens (tertiary/aromatic N) is 2. The number of benzene rings is 2. The van der Waals surface area contributed by atoms with Crippen LogP contribution in [0.2, 0.25) is 0 Å². The molecule has 0 radical (unpaired) electrons. The number of anilines is 1. The van der Waals surface area contributed by atoms with Crippen molar-refractivity contribution in [2.24, 2.45) is 0 Å². The maximum atomic E-state index is 14.5. The second kappa shape index (κ2) is 12.0. The zero-order valence-corrected chi connectivity index (χ0v) is 21.2. The van der Waals surface area contributed by atoms with Crippen LogP contribution in [0.1, 0.15) is 44.7 Å². The highest BCUT2D eigenvalue weighted by Crippen LogP contribution is 2.22. The molecular formula is C25H34FN3O4S. The molecular weight excluding hydrogens is 457 g/mol. The fourth-order valence-electron chi connectivity index (χ4n) is 3.62. The molecule has 0 unspecified atom stereocenters. The molecule has 0 bridgehead atoms. The standard InChI is InChI=1S/C25H34FN3O4S/c1-6-19(4)27-25(31)22(7-2)28(16-20-12-10-11-18(3)15-20)24(30)17-29(34(5,32)33)23-14-9-8-13-21(23)26/h8-15,19,22H,6-7,16-17H2,1-5H3,(H,27,31)/t19-,22-/m0/s1. The lowest BCUT2D eigenvalue weighted by Gasteiger charge is -2.33. The van der Waals surface area contributed by atoms with E-state index >= 15 is 0 Å². The van der Waals surface area contributed by atoms with E-state index in [9.17, 15) is 22.4 Å². The summed E-state index contributed by atoms with van der Waals surface area (Å²) in [5, 5.41) is 2.91. The van der Waals surface area contributed by atoms with Crippen molar-refractivity contribution in [1.82, 2.24) is 10.2 Å². The monoisotopic (exact) mass is 491 g/mol. The van der Waals surface area contributed by atoms with Gasteiger partial charge in [-0.05, 0) is 44.4 Å². The first-order valence-electron chi connectivity index (χ1n) is 11.4. The SMILES string of the molecule is CC[C@H](C)NC(=O)[C@H](CC)N(Cc1cccc(C)c1)C(=O)CN(c1ccccc1F)S(C)(=O)=O. The number of hydrogen-bond acceptors (Lipinski definition) is 4. The van der Waals surface area contributed by atoms with Crippen molar-refractivity contribution in [2.45, 2.75) is 59.2 Å². The van der Waals surface area contributed by atoms with Crippen molar-refractivity contribution in [1.29, 1.82) is 0 Å². The molecule has 2 atom stereocenters. The number of nitrogens with one attached hydrogen (secondary N) is 1. The third-order valence-electron chi connectivity index (χ3n) is 5.62. The van der Waals surface area contributed by atoms with E-state index in [1.54, 1.807) is 6.92 Å². The highest BCUT2D eigenvalue weighted by Gasteiger charge is 2.32. The zero-order chi connectivity index (χ0) is 25.5. The van der Waals surface area contributed by atoms with E-state index in [1.807, 2.05) is 45.0 Å². The Morgan fingerprint density at radius 1 is 1.06 bits per heavy atom. The predicted octanol–water partition coefficient (Wildman–Crippen LogP) is 3.62. The van der Waals surface area contributed by atoms with Gasteiger partial charge in [-0.25, -0.2) is 12.8 Å². The van der Waals surface area contributed by atoms with Crippen LogP contribution in [0.5, 0.6) is 0 Å². The number of para-hydroxylation sites is 1. The van der Waals surface area contributed by atoms with E-state index in [0.717, 1.165) is 34.2 Å². The third kappa shape index (κ3) is 7.28. The van der Waals surface area contributed by atoms with E-state index in [0.29, 0.717) is 6.42 Å². The minimum Gasteiger partial charge on any atom is -0.352 e. The molecule has 1 N–H and O–H groups in total. The average Bonchev–Trinajstić information content (AvgIpc) is 2.77. The van der Waals surface area contributed by atoms with E-state index < -0.39 is 34.3 Å². The van der Waals surface area contributed by atoms with Crippen molar-refractivity contribution in [3.63, 3.8) is 0 Å². The van der Waals surface area contributed by atoms with Crippen LogP contribution in [0.3, 0.4) is 0 Å². The van der Waals surface area contributed by atoms with E-state index in [-0.39, 0.29) is 24.2 Å². The molecule has 2 rings (SSSR count). The number of rotatable bonds is 11. The van der Waals surface area contributed by atoms with Crippen LogP contribution in [-0.4, -0.2) is 50.0 Å². The number of carbonyl (C=O) groups is 2. The summed E-state index contributed by atoms with van der Waals surface area (Å²) >= 11 is 0. The Hall–Kier alpha value is -2.94. The maximum absolute atomic E-state index is 14.5. The number of hydrogen-bond donors (Lipinski definition) is 1. The molecule has 2 amide bonds. The van der Waals surface area contributed by atoms with Gasteiger partial charge >= 0.3 is 0 Å². The second-order valence-electron chi connectivity index (χ2n) is 8.47. The van der Waals surface area contributed by atoms with E-state index in [1.165, 1.54) is 23.1 Å². The number of amides is 2. The summed E-state index contributed by atoms with van der Waals surface area (Å²) in [6, 6.07) is 12.0. The molecule has 0 heterocycles. The average molecular weight is 492 g/mol. The largest absolute Gasteiger partial charge is 0.352 e. The topological polar surface area (TPSA) is 86.8 Å². The Bertz CT molecular complexity index is 1110. The molecule has 9 heteroatoms. The van der Waals surface area contributed by atoms with E-state index in [4.69, 9.17) is 0 Å². The van der Waals surface area contributed by atoms with Crippen LogP contribution >= 0.6 is 0 Å². The predicted molar refractivity (Wildman–Crippen MR) is 132 cm³/mol. The van der Waals surface area contributed by atoms with Crippen molar-refractivity contribution in [3.05, 3.63) is 65.5 Å². The molecule has 34 heavy (non-hydrogen) atoms. The van der Waals surface area contributed by atoms with Crippen molar-refractivity contribution < 1.29 is 22.4 Å². The Balaban J connectivity index is 2.45. The van der Waals surface area contributed by atoms with Gasteiger partial charge in [-0.3, -0.25) is 13.9 Å². The van der Waals surface area contributed by atoms with Gasteiger partial charge in [-0.15, -0.1) is 0 Å². The summed E-state index contributed by atoms with van der Waals surface area (Å²) in [5.41, 5.74) is 1.58. The molecule has 0 aliphatic rings. The van der Waals surface area contributed by atoms with Gasteiger partial charge in [0, 0.05) is 12.6 Å². The summed E-state index contributed by atoms with van der Waals surface area (Å²) in [7, 11) is -3.98. The minimum atomic E-state index is -3.98. The maximum Gasteiger partial charge on any atom is 0.244 e. The van der Waals surface area contributed by atoms with Gasteiger partial charge in [0.2, 0.25) is 21.8 Å². The molecule has 186 valence electrons. The third-order valence-corrected chi connectivity index (χ3v) is 6.75. The highest BCUT2D eigenvalue weighted by molar-refractivity contribution is 7.92. The van der Waals surface area contributed by atoms with Crippen molar-refractivity contribution >= 4 is 27.5 Å². The smallest absolute Gasteiger partial charge is 0.244 e. The minimum absolute atomic E-state index is 0.0802. The van der Waals surface area contributed by atoms with Gasteiger partial charge in [-0.1, -0.05) is 55.8 Å². The van der Waals surface area contributed by atoms with Gasteiger partial charge in [0.05, 0.1) is 11.9 Å². The lowest BCUT2D eigenvalue weighted by Crippen LogP contribution is -2.53. The molecule has 0 aromatic heterocycles. The van der Waals surface area contributed by atoms with Gasteiger partial charge in [0.1, 0.15) is 18.4 Å². The fraction of sp³-hybridized carbons (Fsp3) is 0.440. The first-order valence-corrected chi connectivity index (χ1v) is 13.2. The molecule has 0 aliphatic heterocycles. The van der Waals surface area contributed by atoms with Gasteiger partial charge in [0.25, 0.3) is 0 Å². The highest BCUT2D eigenvalue weighted by atomic mass is 32.2. The van der Waals surface area contributed by atoms with E-state index in [2.05, 4.69) is 5.32 Å². The number of carbonyl (C=O) groups excluding carboxylic acids is 2. The summed E-state index contributed by atoms with van der Waals surface area (Å²) < 4.78 is 40.2. The van der Waals surface area contributed by atoms with Crippen LogP contribution < -0.4 is 9.62 Å². The van der Waals surface area contributed by atoms with Crippen LogP contribution in [-0.2, 0) is 26.2 Å². The Morgan fingerprint density at radius 3 is 2.29 bits per heavy atom. The number of halogens is 1. The zero-order valence-electron chi connectivity index (χ0n) is 20.4.